The summed E-state index contributed by atoms with van der Waals surface area (Å²) in [6.45, 7) is 5.69. The van der Waals surface area contributed by atoms with E-state index in [-0.39, 0.29) is 0 Å². The second-order valence-corrected chi connectivity index (χ2v) is 2.37. The van der Waals surface area contributed by atoms with Crippen LogP contribution in [0.5, 0.6) is 0 Å². The summed E-state index contributed by atoms with van der Waals surface area (Å²) in [6.07, 6.45) is -0.401. The van der Waals surface area contributed by atoms with Crippen molar-refractivity contribution < 1.29 is 14.6 Å². The fourth-order valence-corrected chi connectivity index (χ4v) is 0.651. The maximum absolute atomic E-state index is 9.31. The van der Waals surface area contributed by atoms with Gasteiger partial charge in [-0.05, 0) is 20.9 Å². The Kier molecular flexibility index (Phi) is 4.60. The van der Waals surface area contributed by atoms with Gasteiger partial charge in [-0.1, -0.05) is 0 Å². The maximum atomic E-state index is 9.31. The van der Waals surface area contributed by atoms with Crippen molar-refractivity contribution in [3.8, 4) is 0 Å². The van der Waals surface area contributed by atoms with Crippen LogP contribution in [0, 0.1) is 0 Å². The standard InChI is InChI=1S/C7H17NO3/c1-5-10-6(2)11-7(3,9)8-4/h6,8-9H,5H2,1-4H3. The lowest BCUT2D eigenvalue weighted by molar-refractivity contribution is -0.287. The summed E-state index contributed by atoms with van der Waals surface area (Å²) in [6, 6.07) is 0. The molecule has 0 rings (SSSR count). The number of rotatable bonds is 5. The molecule has 2 unspecified atom stereocenters. The van der Waals surface area contributed by atoms with E-state index in [4.69, 9.17) is 9.47 Å². The van der Waals surface area contributed by atoms with E-state index in [2.05, 4.69) is 5.32 Å². The molecule has 0 spiro atoms. The lowest BCUT2D eigenvalue weighted by atomic mass is 10.5. The normalized spacial score (nSPS) is 19.4. The van der Waals surface area contributed by atoms with E-state index in [1.165, 1.54) is 6.92 Å². The molecule has 0 aromatic carbocycles. The molecule has 0 heterocycles. The highest BCUT2D eigenvalue weighted by Gasteiger charge is 2.20. The van der Waals surface area contributed by atoms with Gasteiger partial charge in [-0.2, -0.15) is 0 Å². The SMILES string of the molecule is CCOC(C)OC(C)(O)NC. The number of hydrogen-bond acceptors (Lipinski definition) is 4. The summed E-state index contributed by atoms with van der Waals surface area (Å²) in [7, 11) is 1.61. The zero-order valence-electron chi connectivity index (χ0n) is 7.55. The molecule has 0 saturated heterocycles. The molecule has 11 heavy (non-hydrogen) atoms. The molecule has 0 radical (unpaired) electrons. The highest BCUT2D eigenvalue weighted by Crippen LogP contribution is 2.05. The first-order valence-corrected chi connectivity index (χ1v) is 3.72. The summed E-state index contributed by atoms with van der Waals surface area (Å²) in [5.41, 5.74) is 0. The molecule has 4 nitrogen and oxygen atoms in total. The number of hydrogen-bond donors (Lipinski definition) is 2. The third-order valence-electron chi connectivity index (χ3n) is 1.26. The van der Waals surface area contributed by atoms with Crippen LogP contribution in [0.4, 0.5) is 0 Å². The van der Waals surface area contributed by atoms with Gasteiger partial charge in [0.25, 0.3) is 0 Å². The third kappa shape index (κ3) is 5.15. The van der Waals surface area contributed by atoms with Crippen molar-refractivity contribution in [1.82, 2.24) is 5.32 Å². The van der Waals surface area contributed by atoms with E-state index >= 15 is 0 Å². The second-order valence-electron chi connectivity index (χ2n) is 2.37. The predicted octanol–water partition coefficient (Wildman–Crippen LogP) is 0.271. The van der Waals surface area contributed by atoms with Crippen molar-refractivity contribution in [2.45, 2.75) is 33.0 Å². The van der Waals surface area contributed by atoms with Gasteiger partial charge in [-0.25, -0.2) is 0 Å². The average Bonchev–Trinajstić information content (AvgIpc) is 1.87. The van der Waals surface area contributed by atoms with E-state index in [0.717, 1.165) is 0 Å². The Morgan fingerprint density at radius 2 is 2.18 bits per heavy atom. The van der Waals surface area contributed by atoms with Crippen molar-refractivity contribution in [1.29, 1.82) is 0 Å². The lowest BCUT2D eigenvalue weighted by Gasteiger charge is -2.26. The Hall–Kier alpha value is -0.160. The summed E-state index contributed by atoms with van der Waals surface area (Å²) >= 11 is 0. The van der Waals surface area contributed by atoms with Crippen molar-refractivity contribution in [3.63, 3.8) is 0 Å². The molecule has 2 atom stereocenters. The monoisotopic (exact) mass is 163 g/mol. The summed E-state index contributed by atoms with van der Waals surface area (Å²) in [5, 5.41) is 11.9. The Bertz CT molecular complexity index is 106. The Balaban J connectivity index is 3.64. The van der Waals surface area contributed by atoms with Crippen LogP contribution in [0.2, 0.25) is 0 Å². The molecule has 0 saturated carbocycles. The van der Waals surface area contributed by atoms with Crippen LogP contribution in [-0.4, -0.2) is 31.0 Å². The number of ether oxygens (including phenoxy) is 2. The minimum atomic E-state index is -1.31. The predicted molar refractivity (Wildman–Crippen MR) is 41.9 cm³/mol. The Morgan fingerprint density at radius 3 is 2.55 bits per heavy atom. The van der Waals surface area contributed by atoms with E-state index in [1.807, 2.05) is 6.92 Å². The third-order valence-corrected chi connectivity index (χ3v) is 1.26. The van der Waals surface area contributed by atoms with Gasteiger partial charge in [0.1, 0.15) is 0 Å². The highest BCUT2D eigenvalue weighted by molar-refractivity contribution is 4.51. The second kappa shape index (κ2) is 4.66. The molecule has 0 aromatic heterocycles. The van der Waals surface area contributed by atoms with Crippen LogP contribution in [0.3, 0.4) is 0 Å². The smallest absolute Gasteiger partial charge is 0.224 e. The van der Waals surface area contributed by atoms with Crippen LogP contribution < -0.4 is 5.32 Å². The largest absolute Gasteiger partial charge is 0.353 e. The maximum Gasteiger partial charge on any atom is 0.224 e. The van der Waals surface area contributed by atoms with Crippen LogP contribution >= 0.6 is 0 Å². The van der Waals surface area contributed by atoms with Crippen LogP contribution in [0.15, 0.2) is 0 Å². The molecule has 0 bridgehead atoms. The van der Waals surface area contributed by atoms with Gasteiger partial charge in [0.2, 0.25) is 5.91 Å². The van der Waals surface area contributed by atoms with Crippen LogP contribution in [0.25, 0.3) is 0 Å². The van der Waals surface area contributed by atoms with Crippen molar-refractivity contribution in [2.24, 2.45) is 0 Å². The minimum absolute atomic E-state index is 0.401. The molecule has 0 fully saturated rings. The average molecular weight is 163 g/mol. The van der Waals surface area contributed by atoms with Gasteiger partial charge in [0.15, 0.2) is 6.29 Å². The molecular weight excluding hydrogens is 146 g/mol. The fourth-order valence-electron chi connectivity index (χ4n) is 0.651. The molecule has 0 amide bonds. The first-order valence-electron chi connectivity index (χ1n) is 3.72. The van der Waals surface area contributed by atoms with Crippen LogP contribution in [0.1, 0.15) is 20.8 Å². The zero-order valence-corrected chi connectivity index (χ0v) is 7.55. The molecular formula is C7H17NO3. The quantitative estimate of drug-likeness (QED) is 0.571. The Morgan fingerprint density at radius 1 is 1.64 bits per heavy atom. The van der Waals surface area contributed by atoms with Crippen molar-refractivity contribution >= 4 is 0 Å². The molecule has 2 N–H and O–H groups in total. The van der Waals surface area contributed by atoms with E-state index in [0.29, 0.717) is 6.61 Å². The minimum Gasteiger partial charge on any atom is -0.353 e. The molecule has 0 aromatic rings. The molecule has 68 valence electrons. The molecule has 0 aliphatic rings. The van der Waals surface area contributed by atoms with Gasteiger partial charge in [-0.15, -0.1) is 0 Å². The van der Waals surface area contributed by atoms with Gasteiger partial charge in [0.05, 0.1) is 0 Å². The van der Waals surface area contributed by atoms with Crippen LogP contribution in [-0.2, 0) is 9.47 Å². The molecule has 0 aliphatic heterocycles. The number of nitrogens with one attached hydrogen (secondary N) is 1. The van der Waals surface area contributed by atoms with Gasteiger partial charge in [-0.3, -0.25) is 5.32 Å². The summed E-state index contributed by atoms with van der Waals surface area (Å²) in [5.74, 6) is -1.31. The van der Waals surface area contributed by atoms with Crippen molar-refractivity contribution in [2.75, 3.05) is 13.7 Å². The molecule has 4 heteroatoms. The van der Waals surface area contributed by atoms with Gasteiger partial charge in [0, 0.05) is 13.5 Å². The summed E-state index contributed by atoms with van der Waals surface area (Å²) in [4.78, 5) is 0. The van der Waals surface area contributed by atoms with Gasteiger partial charge >= 0.3 is 0 Å². The fraction of sp³-hybridized carbons (Fsp3) is 1.00. The summed E-state index contributed by atoms with van der Waals surface area (Å²) < 4.78 is 10.1. The first kappa shape index (κ1) is 10.8. The highest BCUT2D eigenvalue weighted by atomic mass is 16.7. The molecule has 0 aliphatic carbocycles. The first-order chi connectivity index (χ1) is 5.02. The zero-order chi connectivity index (χ0) is 8.91. The Labute approximate surface area is 67.5 Å². The lowest BCUT2D eigenvalue weighted by Crippen LogP contribution is -2.45. The van der Waals surface area contributed by atoms with E-state index in [9.17, 15) is 5.11 Å². The van der Waals surface area contributed by atoms with E-state index in [1.54, 1.807) is 14.0 Å². The van der Waals surface area contributed by atoms with Gasteiger partial charge < -0.3 is 14.6 Å². The van der Waals surface area contributed by atoms with Crippen molar-refractivity contribution in [3.05, 3.63) is 0 Å². The topological polar surface area (TPSA) is 50.7 Å². The van der Waals surface area contributed by atoms with E-state index < -0.39 is 12.2 Å². The number of aliphatic hydroxyl groups is 1.